The maximum absolute atomic E-state index is 4.82. The van der Waals surface area contributed by atoms with E-state index in [4.69, 9.17) is 4.98 Å². The zero-order chi connectivity index (χ0) is 14.1. The van der Waals surface area contributed by atoms with E-state index in [9.17, 15) is 0 Å². The van der Waals surface area contributed by atoms with Gasteiger partial charge in [0.05, 0.1) is 11.2 Å². The molecular formula is C20H14N. The monoisotopic (exact) mass is 268 g/mol. The largest absolute Gasteiger partial charge is 0.248 e. The molecule has 0 atom stereocenters. The highest BCUT2D eigenvalue weighted by Gasteiger charge is 2.10. The standard InChI is InChI=1S/C20H14N/c1-2-10-16(11-3-1)20-14-18(15-8-4-5-9-15)17-12-6-7-13-19(17)21-20/h1-14H. The van der Waals surface area contributed by atoms with Gasteiger partial charge in [-0.2, -0.15) is 0 Å². The minimum atomic E-state index is 1.02. The van der Waals surface area contributed by atoms with Crippen LogP contribution in [-0.2, 0) is 0 Å². The normalized spacial score (nSPS) is 13.6. The molecule has 1 aliphatic rings. The van der Waals surface area contributed by atoms with Crippen molar-refractivity contribution in [3.05, 3.63) is 90.9 Å². The molecule has 0 aliphatic heterocycles. The van der Waals surface area contributed by atoms with Crippen molar-refractivity contribution in [2.45, 2.75) is 0 Å². The lowest BCUT2D eigenvalue weighted by Crippen LogP contribution is -1.91. The van der Waals surface area contributed by atoms with Crippen molar-refractivity contribution in [1.29, 1.82) is 0 Å². The summed E-state index contributed by atoms with van der Waals surface area (Å²) in [6.45, 7) is 0. The second kappa shape index (κ2) is 5.02. The van der Waals surface area contributed by atoms with Gasteiger partial charge in [-0.15, -0.1) is 0 Å². The average molecular weight is 268 g/mol. The van der Waals surface area contributed by atoms with Gasteiger partial charge in [0.1, 0.15) is 0 Å². The third-order valence-electron chi connectivity index (χ3n) is 3.76. The highest BCUT2D eigenvalue weighted by molar-refractivity contribution is 5.97. The number of rotatable bonds is 2. The number of fused-ring (bicyclic) bond motifs is 1. The van der Waals surface area contributed by atoms with Crippen LogP contribution in [0.25, 0.3) is 27.7 Å². The van der Waals surface area contributed by atoms with E-state index in [2.05, 4.69) is 61.0 Å². The Hall–Kier alpha value is -2.67. The first kappa shape index (κ1) is 12.1. The summed E-state index contributed by atoms with van der Waals surface area (Å²) in [6.07, 6.45) is 8.45. The van der Waals surface area contributed by atoms with E-state index in [1.54, 1.807) is 0 Å². The summed E-state index contributed by atoms with van der Waals surface area (Å²) in [7, 11) is 0. The molecule has 0 N–H and O–H groups in total. The van der Waals surface area contributed by atoms with Crippen molar-refractivity contribution in [3.63, 3.8) is 0 Å². The summed E-state index contributed by atoms with van der Waals surface area (Å²) in [4.78, 5) is 4.82. The van der Waals surface area contributed by atoms with Crippen LogP contribution in [0.15, 0.2) is 78.9 Å². The molecule has 3 aromatic rings. The van der Waals surface area contributed by atoms with Crippen LogP contribution in [0, 0.1) is 6.42 Å². The number of nitrogens with zero attached hydrogens (tertiary/aromatic N) is 1. The molecule has 0 saturated heterocycles. The molecule has 0 amide bonds. The van der Waals surface area contributed by atoms with E-state index in [0.717, 1.165) is 16.8 Å². The van der Waals surface area contributed by atoms with E-state index < -0.39 is 0 Å². The fraction of sp³-hybridized carbons (Fsp3) is 0. The summed E-state index contributed by atoms with van der Waals surface area (Å²) in [5, 5.41) is 1.20. The van der Waals surface area contributed by atoms with Crippen LogP contribution in [0.2, 0.25) is 0 Å². The second-order valence-corrected chi connectivity index (χ2v) is 5.11. The summed E-state index contributed by atoms with van der Waals surface area (Å²) in [5.41, 5.74) is 5.69. The van der Waals surface area contributed by atoms with Gasteiger partial charge in [0, 0.05) is 17.4 Å². The van der Waals surface area contributed by atoms with E-state index in [1.807, 2.05) is 24.3 Å². The van der Waals surface area contributed by atoms with E-state index in [0.29, 0.717) is 0 Å². The molecule has 1 nitrogen and oxygen atoms in total. The molecule has 1 heteroatoms. The molecule has 1 radical (unpaired) electrons. The fourth-order valence-corrected chi connectivity index (χ4v) is 2.72. The minimum absolute atomic E-state index is 1.02. The van der Waals surface area contributed by atoms with Crippen LogP contribution in [0.4, 0.5) is 0 Å². The van der Waals surface area contributed by atoms with Crippen molar-refractivity contribution in [3.8, 4) is 11.3 Å². The lowest BCUT2D eigenvalue weighted by molar-refractivity contribution is 1.39. The van der Waals surface area contributed by atoms with E-state index in [1.165, 1.54) is 16.5 Å². The Bertz CT molecular complexity index is 857. The molecule has 1 aromatic heterocycles. The molecule has 1 aliphatic carbocycles. The van der Waals surface area contributed by atoms with Crippen LogP contribution in [0.3, 0.4) is 0 Å². The highest BCUT2D eigenvalue weighted by atomic mass is 14.7. The number of hydrogen-bond acceptors (Lipinski definition) is 1. The molecule has 0 bridgehead atoms. The van der Waals surface area contributed by atoms with Gasteiger partial charge < -0.3 is 0 Å². The van der Waals surface area contributed by atoms with Gasteiger partial charge in [-0.1, -0.05) is 66.8 Å². The Kier molecular flexibility index (Phi) is 2.89. The lowest BCUT2D eigenvalue weighted by atomic mass is 9.99. The Morgan fingerprint density at radius 3 is 2.43 bits per heavy atom. The predicted octanol–water partition coefficient (Wildman–Crippen LogP) is 5.06. The minimum Gasteiger partial charge on any atom is -0.248 e. The first-order valence-electron chi connectivity index (χ1n) is 7.09. The zero-order valence-corrected chi connectivity index (χ0v) is 11.5. The number of para-hydroxylation sites is 1. The van der Waals surface area contributed by atoms with Crippen LogP contribution in [0.1, 0.15) is 5.56 Å². The van der Waals surface area contributed by atoms with Gasteiger partial charge in [0.2, 0.25) is 0 Å². The van der Waals surface area contributed by atoms with Gasteiger partial charge in [-0.25, -0.2) is 4.98 Å². The first-order chi connectivity index (χ1) is 10.4. The molecule has 0 unspecified atom stereocenters. The topological polar surface area (TPSA) is 12.9 Å². The maximum atomic E-state index is 4.82. The zero-order valence-electron chi connectivity index (χ0n) is 11.5. The fourth-order valence-electron chi connectivity index (χ4n) is 2.72. The van der Waals surface area contributed by atoms with Crippen LogP contribution < -0.4 is 0 Å². The second-order valence-electron chi connectivity index (χ2n) is 5.11. The molecule has 2 aromatic carbocycles. The Balaban J connectivity index is 2.00. The summed E-state index contributed by atoms with van der Waals surface area (Å²) in [6, 6.07) is 20.8. The number of aromatic nitrogens is 1. The smallest absolute Gasteiger partial charge is 0.0715 e. The van der Waals surface area contributed by atoms with Crippen LogP contribution in [-0.4, -0.2) is 4.98 Å². The van der Waals surface area contributed by atoms with Crippen molar-refractivity contribution in [2.75, 3.05) is 0 Å². The van der Waals surface area contributed by atoms with Crippen molar-refractivity contribution < 1.29 is 0 Å². The molecule has 4 rings (SSSR count). The molecule has 0 fully saturated rings. The van der Waals surface area contributed by atoms with Crippen LogP contribution >= 0.6 is 0 Å². The SMILES string of the molecule is [CH]1C=CC(c2cc(-c3ccccc3)nc3ccccc23)=C1. The van der Waals surface area contributed by atoms with Gasteiger partial charge in [0.15, 0.2) is 0 Å². The molecule has 0 spiro atoms. The van der Waals surface area contributed by atoms with Crippen molar-refractivity contribution in [2.24, 2.45) is 0 Å². The third-order valence-corrected chi connectivity index (χ3v) is 3.76. The quantitative estimate of drug-likeness (QED) is 0.633. The van der Waals surface area contributed by atoms with Gasteiger partial charge in [0.25, 0.3) is 0 Å². The van der Waals surface area contributed by atoms with Crippen LogP contribution in [0.5, 0.6) is 0 Å². The van der Waals surface area contributed by atoms with Crippen molar-refractivity contribution >= 4 is 16.5 Å². The molecule has 21 heavy (non-hydrogen) atoms. The van der Waals surface area contributed by atoms with Crippen molar-refractivity contribution in [1.82, 2.24) is 4.98 Å². The van der Waals surface area contributed by atoms with Gasteiger partial charge >= 0.3 is 0 Å². The molecule has 99 valence electrons. The van der Waals surface area contributed by atoms with E-state index >= 15 is 0 Å². The number of benzene rings is 2. The summed E-state index contributed by atoms with van der Waals surface area (Å²) >= 11 is 0. The Morgan fingerprint density at radius 1 is 0.810 bits per heavy atom. The average Bonchev–Trinajstić information content (AvgIpc) is 3.09. The number of allylic oxidation sites excluding steroid dienone is 4. The Labute approximate surface area is 124 Å². The van der Waals surface area contributed by atoms with Gasteiger partial charge in [-0.3, -0.25) is 0 Å². The first-order valence-corrected chi connectivity index (χ1v) is 7.09. The maximum Gasteiger partial charge on any atom is 0.0715 e. The number of hydrogen-bond donors (Lipinski definition) is 0. The predicted molar refractivity (Wildman–Crippen MR) is 88.6 cm³/mol. The summed E-state index contributed by atoms with van der Waals surface area (Å²) in [5.74, 6) is 0. The third kappa shape index (κ3) is 2.17. The lowest BCUT2D eigenvalue weighted by Gasteiger charge is -2.10. The highest BCUT2D eigenvalue weighted by Crippen LogP contribution is 2.31. The summed E-state index contributed by atoms with van der Waals surface area (Å²) < 4.78 is 0. The molecular weight excluding hydrogens is 254 g/mol. The molecule has 0 saturated carbocycles. The van der Waals surface area contributed by atoms with E-state index in [-0.39, 0.29) is 0 Å². The number of pyridine rings is 1. The Morgan fingerprint density at radius 2 is 1.62 bits per heavy atom. The van der Waals surface area contributed by atoms with Gasteiger partial charge in [-0.05, 0) is 23.3 Å². The molecule has 1 heterocycles.